The summed E-state index contributed by atoms with van der Waals surface area (Å²) in [6.45, 7) is 1.36. The van der Waals surface area contributed by atoms with E-state index in [1.54, 1.807) is 0 Å². The number of hydrogen-bond donors (Lipinski definition) is 3. The highest BCUT2D eigenvalue weighted by molar-refractivity contribution is 8.13. The zero-order valence-corrected chi connectivity index (χ0v) is 9.95. The number of halogens is 1. The molecule has 2 atom stereocenters. The van der Waals surface area contributed by atoms with E-state index in [4.69, 9.17) is 5.73 Å². The van der Waals surface area contributed by atoms with Crippen LogP contribution < -0.4 is 5.73 Å². The van der Waals surface area contributed by atoms with E-state index in [0.717, 1.165) is 18.0 Å². The van der Waals surface area contributed by atoms with E-state index in [9.17, 15) is 19.4 Å². The second-order valence-corrected chi connectivity index (χ2v) is 4.66. The molecular weight excluding hydrogens is 247 g/mol. The van der Waals surface area contributed by atoms with Gasteiger partial charge in [-0.3, -0.25) is 4.79 Å². The van der Waals surface area contributed by atoms with Crippen LogP contribution in [0.3, 0.4) is 0 Å². The zero-order valence-electron chi connectivity index (χ0n) is 9.13. The van der Waals surface area contributed by atoms with Crippen molar-refractivity contribution in [1.29, 1.82) is 0 Å². The van der Waals surface area contributed by atoms with Crippen LogP contribution in [0.5, 0.6) is 0 Å². The van der Waals surface area contributed by atoms with Gasteiger partial charge in [0.25, 0.3) is 0 Å². The monoisotopic (exact) mass is 260 g/mol. The van der Waals surface area contributed by atoms with Gasteiger partial charge in [0.15, 0.2) is 5.12 Å². The quantitative estimate of drug-likeness (QED) is 0.681. The molecule has 1 rings (SSSR count). The number of rotatable bonds is 4. The number of aromatic nitrogens is 1. The molecule has 0 saturated carbocycles. The topological polar surface area (TPSA) is 96.4 Å². The second kappa shape index (κ2) is 5.95. The molecule has 0 aliphatic rings. The number of aliphatic hydroxyl groups is 2. The Bertz CT molecular complexity index is 417. The highest BCUT2D eigenvalue weighted by atomic mass is 32.2. The van der Waals surface area contributed by atoms with Crippen LogP contribution in [0.2, 0.25) is 0 Å². The van der Waals surface area contributed by atoms with Gasteiger partial charge in [0.2, 0.25) is 5.95 Å². The Balaban J connectivity index is 2.70. The van der Waals surface area contributed by atoms with Gasteiger partial charge in [-0.2, -0.15) is 4.39 Å². The van der Waals surface area contributed by atoms with Crippen molar-refractivity contribution in [3.05, 3.63) is 23.8 Å². The lowest BCUT2D eigenvalue weighted by Gasteiger charge is -2.17. The lowest BCUT2D eigenvalue weighted by atomic mass is 10.1. The van der Waals surface area contributed by atoms with Gasteiger partial charge in [-0.05, 0) is 6.07 Å². The van der Waals surface area contributed by atoms with Crippen LogP contribution in [0, 0.1) is 5.95 Å². The van der Waals surface area contributed by atoms with Gasteiger partial charge in [-0.15, -0.1) is 0 Å². The van der Waals surface area contributed by atoms with Gasteiger partial charge < -0.3 is 15.9 Å². The third-order valence-electron chi connectivity index (χ3n) is 2.05. The van der Waals surface area contributed by atoms with Gasteiger partial charge in [0.1, 0.15) is 6.10 Å². The molecule has 0 amide bonds. The van der Waals surface area contributed by atoms with E-state index >= 15 is 0 Å². The predicted molar refractivity (Wildman–Crippen MR) is 62.7 cm³/mol. The number of anilines is 1. The molecule has 4 N–H and O–H groups in total. The molecule has 1 aromatic heterocycles. The summed E-state index contributed by atoms with van der Waals surface area (Å²) in [5.74, 6) is -0.776. The molecule has 0 bridgehead atoms. The van der Waals surface area contributed by atoms with Gasteiger partial charge in [0.05, 0.1) is 11.8 Å². The summed E-state index contributed by atoms with van der Waals surface area (Å²) in [5.41, 5.74) is 5.30. The SMILES string of the molecule is CC(=O)SCC(O)C(O)c1cnc(F)c(N)c1. The fourth-order valence-electron chi connectivity index (χ4n) is 1.16. The van der Waals surface area contributed by atoms with Crippen LogP contribution >= 0.6 is 11.8 Å². The van der Waals surface area contributed by atoms with Crippen LogP contribution in [0.4, 0.5) is 10.1 Å². The molecule has 17 heavy (non-hydrogen) atoms. The van der Waals surface area contributed by atoms with Crippen LogP contribution in [0.15, 0.2) is 12.3 Å². The van der Waals surface area contributed by atoms with Gasteiger partial charge in [0, 0.05) is 24.4 Å². The predicted octanol–water partition coefficient (Wildman–Crippen LogP) is 0.477. The molecule has 0 radical (unpaired) electrons. The summed E-state index contributed by atoms with van der Waals surface area (Å²) in [5, 5.41) is 19.2. The summed E-state index contributed by atoms with van der Waals surface area (Å²) >= 11 is 0.895. The molecule has 0 fully saturated rings. The zero-order chi connectivity index (χ0) is 13.0. The molecule has 0 aromatic carbocycles. The number of thioether (sulfide) groups is 1. The number of pyridine rings is 1. The average Bonchev–Trinajstić information content (AvgIpc) is 2.28. The van der Waals surface area contributed by atoms with Gasteiger partial charge >= 0.3 is 0 Å². The maximum Gasteiger partial charge on any atom is 0.236 e. The molecule has 7 heteroatoms. The van der Waals surface area contributed by atoms with Crippen molar-refractivity contribution in [2.24, 2.45) is 0 Å². The maximum atomic E-state index is 12.8. The normalized spacial score (nSPS) is 14.4. The number of nitrogens with zero attached hydrogens (tertiary/aromatic N) is 1. The minimum atomic E-state index is -1.25. The van der Waals surface area contributed by atoms with Crippen molar-refractivity contribution in [2.45, 2.75) is 19.1 Å². The Morgan fingerprint density at radius 1 is 1.65 bits per heavy atom. The molecule has 5 nitrogen and oxygen atoms in total. The van der Waals surface area contributed by atoms with Gasteiger partial charge in [-0.25, -0.2) is 4.98 Å². The first kappa shape index (κ1) is 13.9. The van der Waals surface area contributed by atoms with Crippen molar-refractivity contribution < 1.29 is 19.4 Å². The molecule has 0 aliphatic heterocycles. The number of carbonyl (C=O) groups is 1. The highest BCUT2D eigenvalue weighted by Gasteiger charge is 2.20. The number of nitrogens with two attached hydrogens (primary N) is 1. The van der Waals surface area contributed by atoms with Crippen molar-refractivity contribution in [3.63, 3.8) is 0 Å². The minimum absolute atomic E-state index is 0.0494. The van der Waals surface area contributed by atoms with Crippen molar-refractivity contribution in [1.82, 2.24) is 4.98 Å². The number of nitrogen functional groups attached to an aromatic ring is 1. The Morgan fingerprint density at radius 3 is 2.82 bits per heavy atom. The molecule has 1 heterocycles. The lowest BCUT2D eigenvalue weighted by Crippen LogP contribution is -2.21. The largest absolute Gasteiger partial charge is 0.395 e. The fourth-order valence-corrected chi connectivity index (χ4v) is 1.75. The highest BCUT2D eigenvalue weighted by Crippen LogP contribution is 2.21. The Morgan fingerprint density at radius 2 is 2.29 bits per heavy atom. The average molecular weight is 260 g/mol. The van der Waals surface area contributed by atoms with E-state index in [-0.39, 0.29) is 22.1 Å². The van der Waals surface area contributed by atoms with Crippen molar-refractivity contribution in [3.8, 4) is 0 Å². The van der Waals surface area contributed by atoms with Crippen LogP contribution in [0.25, 0.3) is 0 Å². The molecule has 2 unspecified atom stereocenters. The van der Waals surface area contributed by atoms with Crippen molar-refractivity contribution >= 4 is 22.6 Å². The number of aliphatic hydroxyl groups excluding tert-OH is 2. The van der Waals surface area contributed by atoms with Crippen molar-refractivity contribution in [2.75, 3.05) is 11.5 Å². The minimum Gasteiger partial charge on any atom is -0.395 e. The molecule has 0 spiro atoms. The third-order valence-corrected chi connectivity index (χ3v) is 2.97. The van der Waals surface area contributed by atoms with E-state index in [1.165, 1.54) is 13.0 Å². The van der Waals surface area contributed by atoms with Crippen LogP contribution in [-0.2, 0) is 4.79 Å². The van der Waals surface area contributed by atoms with E-state index in [0.29, 0.717) is 0 Å². The number of hydrogen-bond acceptors (Lipinski definition) is 6. The van der Waals surface area contributed by atoms with Gasteiger partial charge in [-0.1, -0.05) is 11.8 Å². The smallest absolute Gasteiger partial charge is 0.236 e. The Labute approximate surface area is 102 Å². The first-order chi connectivity index (χ1) is 7.91. The first-order valence-corrected chi connectivity index (χ1v) is 5.80. The Hall–Kier alpha value is -1.18. The summed E-state index contributed by atoms with van der Waals surface area (Å²) < 4.78 is 12.8. The second-order valence-electron chi connectivity index (χ2n) is 3.46. The number of carbonyl (C=O) groups excluding carboxylic acids is 1. The third kappa shape index (κ3) is 3.95. The maximum absolute atomic E-state index is 12.8. The summed E-state index contributed by atoms with van der Waals surface area (Å²) in [4.78, 5) is 14.0. The standard InChI is InChI=1S/C10H13FN2O3S/c1-5(14)17-4-8(15)9(16)6-2-7(12)10(11)13-3-6/h2-3,8-9,15-16H,4,12H2,1H3. The fraction of sp³-hybridized carbons (Fsp3) is 0.400. The Kier molecular flexibility index (Phi) is 4.86. The summed E-state index contributed by atoms with van der Waals surface area (Å²) in [6.07, 6.45) is -1.30. The molecule has 94 valence electrons. The van der Waals surface area contributed by atoms with Crippen LogP contribution in [0.1, 0.15) is 18.6 Å². The molecule has 0 aliphatic carbocycles. The van der Waals surface area contributed by atoms with E-state index in [2.05, 4.69) is 4.98 Å². The van der Waals surface area contributed by atoms with Crippen LogP contribution in [-0.4, -0.2) is 32.2 Å². The lowest BCUT2D eigenvalue weighted by molar-refractivity contribution is -0.109. The molecular formula is C10H13FN2O3S. The summed E-state index contributed by atoms with van der Waals surface area (Å²) in [7, 11) is 0. The first-order valence-electron chi connectivity index (χ1n) is 4.82. The molecule has 0 saturated heterocycles. The summed E-state index contributed by atoms with van der Waals surface area (Å²) in [6, 6.07) is 1.20. The van der Waals surface area contributed by atoms with E-state index in [1.807, 2.05) is 0 Å². The molecule has 1 aromatic rings. The van der Waals surface area contributed by atoms with E-state index < -0.39 is 18.2 Å².